The summed E-state index contributed by atoms with van der Waals surface area (Å²) in [5, 5.41) is 0.511. The van der Waals surface area contributed by atoms with Crippen LogP contribution in [0.15, 0.2) is 0 Å². The van der Waals surface area contributed by atoms with Crippen molar-refractivity contribution < 1.29 is 0 Å². The second-order valence-corrected chi connectivity index (χ2v) is 7.51. The van der Waals surface area contributed by atoms with Crippen molar-refractivity contribution in [2.75, 3.05) is 0 Å². The summed E-state index contributed by atoms with van der Waals surface area (Å²) in [6.45, 7) is 7.28. The molecule has 2 rings (SSSR count). The molecule has 2 aliphatic carbocycles. The Labute approximate surface area is 97.4 Å². The van der Waals surface area contributed by atoms with Gasteiger partial charge in [-0.15, -0.1) is 0 Å². The van der Waals surface area contributed by atoms with Crippen molar-refractivity contribution >= 4 is 15.7 Å². The van der Waals surface area contributed by atoms with Gasteiger partial charge in [-0.25, -0.2) is 0 Å². The molecule has 0 aromatic carbocycles. The summed E-state index contributed by atoms with van der Waals surface area (Å²) < 4.78 is 0. The van der Waals surface area contributed by atoms with Crippen LogP contribution in [0.2, 0.25) is 5.21 Å². The summed E-state index contributed by atoms with van der Waals surface area (Å²) in [7, 11) is 5.02. The molecule has 0 aromatic heterocycles. The maximum absolute atomic E-state index is 2.51. The number of hydrogen-bond donors (Lipinski definition) is 0. The standard InChI is InChI=1S/C13H26B2/c1-12(2,3)13(14,15)11-8-7-9-5-4-6-10(9)11/h9-11H,4-8,14-15H2,1-3H3. The van der Waals surface area contributed by atoms with E-state index in [9.17, 15) is 0 Å². The second-order valence-electron chi connectivity index (χ2n) is 7.51. The van der Waals surface area contributed by atoms with Crippen LogP contribution in [0.4, 0.5) is 0 Å². The lowest BCUT2D eigenvalue weighted by Gasteiger charge is -2.46. The molecular formula is C13H26B2. The summed E-state index contributed by atoms with van der Waals surface area (Å²) in [6.07, 6.45) is 7.58. The van der Waals surface area contributed by atoms with E-state index in [0.29, 0.717) is 10.6 Å². The Morgan fingerprint density at radius 1 is 0.933 bits per heavy atom. The van der Waals surface area contributed by atoms with Crippen molar-refractivity contribution in [1.29, 1.82) is 0 Å². The SMILES string of the molecule is BC(B)(C1CCC2CCCC21)C(C)(C)C. The highest BCUT2D eigenvalue weighted by atomic mass is 14.5. The van der Waals surface area contributed by atoms with Gasteiger partial charge in [-0.1, -0.05) is 45.2 Å². The molecule has 0 nitrogen and oxygen atoms in total. The van der Waals surface area contributed by atoms with Gasteiger partial charge >= 0.3 is 0 Å². The van der Waals surface area contributed by atoms with Gasteiger partial charge in [0.1, 0.15) is 15.7 Å². The molecule has 3 unspecified atom stereocenters. The Kier molecular flexibility index (Phi) is 2.76. The monoisotopic (exact) mass is 204 g/mol. The minimum Gasteiger partial charge on any atom is -0.0769 e. The van der Waals surface area contributed by atoms with Gasteiger partial charge in [-0.3, -0.25) is 0 Å². The third-order valence-electron chi connectivity index (χ3n) is 5.94. The molecule has 0 saturated heterocycles. The Bertz CT molecular complexity index is 239. The van der Waals surface area contributed by atoms with E-state index in [1.165, 1.54) is 32.1 Å². The first-order valence-electron chi connectivity index (χ1n) is 6.84. The van der Waals surface area contributed by atoms with Gasteiger partial charge < -0.3 is 0 Å². The fourth-order valence-corrected chi connectivity index (χ4v) is 4.01. The number of rotatable bonds is 1. The smallest absolute Gasteiger partial charge is 0.0769 e. The van der Waals surface area contributed by atoms with E-state index in [1.807, 2.05) is 0 Å². The lowest BCUT2D eigenvalue weighted by Crippen LogP contribution is -2.38. The molecule has 2 saturated carbocycles. The first-order valence-corrected chi connectivity index (χ1v) is 6.84. The largest absolute Gasteiger partial charge is 0.100 e. The molecule has 2 fully saturated rings. The van der Waals surface area contributed by atoms with Gasteiger partial charge in [0.15, 0.2) is 0 Å². The molecule has 3 atom stereocenters. The van der Waals surface area contributed by atoms with Gasteiger partial charge in [0.25, 0.3) is 0 Å². The highest BCUT2D eigenvalue weighted by Crippen LogP contribution is 2.59. The van der Waals surface area contributed by atoms with E-state index >= 15 is 0 Å². The minimum absolute atomic E-state index is 0.454. The van der Waals surface area contributed by atoms with Crippen LogP contribution in [0.25, 0.3) is 0 Å². The zero-order valence-electron chi connectivity index (χ0n) is 11.3. The first-order chi connectivity index (χ1) is 6.84. The molecule has 0 aliphatic heterocycles. The van der Waals surface area contributed by atoms with E-state index in [-0.39, 0.29) is 0 Å². The second kappa shape index (κ2) is 3.57. The summed E-state index contributed by atoms with van der Waals surface area (Å²) in [5.41, 5.74) is 0.454. The lowest BCUT2D eigenvalue weighted by molar-refractivity contribution is 0.208. The predicted molar refractivity (Wildman–Crippen MR) is 72.8 cm³/mol. The van der Waals surface area contributed by atoms with E-state index in [1.54, 1.807) is 0 Å². The molecule has 2 aliphatic rings. The van der Waals surface area contributed by atoms with Crippen molar-refractivity contribution in [3.8, 4) is 0 Å². The maximum Gasteiger partial charge on any atom is 0.100 e. The Balaban J connectivity index is 2.17. The van der Waals surface area contributed by atoms with E-state index in [0.717, 1.165) is 17.8 Å². The molecule has 0 spiro atoms. The van der Waals surface area contributed by atoms with Gasteiger partial charge in [-0.05, 0) is 36.0 Å². The molecule has 0 N–H and O–H groups in total. The van der Waals surface area contributed by atoms with Gasteiger partial charge in [0.2, 0.25) is 0 Å². The normalized spacial score (nSPS) is 36.9. The maximum atomic E-state index is 2.51. The van der Waals surface area contributed by atoms with Crippen LogP contribution in [0.3, 0.4) is 0 Å². The molecule has 0 heterocycles. The fraction of sp³-hybridized carbons (Fsp3) is 1.00. The molecule has 0 bridgehead atoms. The molecule has 0 radical (unpaired) electrons. The first kappa shape index (κ1) is 11.6. The van der Waals surface area contributed by atoms with Crippen LogP contribution >= 0.6 is 0 Å². The summed E-state index contributed by atoms with van der Waals surface area (Å²) in [4.78, 5) is 0. The van der Waals surface area contributed by atoms with Gasteiger partial charge in [0, 0.05) is 0 Å². The number of fused-ring (bicyclic) bond motifs is 1. The summed E-state index contributed by atoms with van der Waals surface area (Å²) >= 11 is 0. The van der Waals surface area contributed by atoms with Crippen LogP contribution < -0.4 is 0 Å². The molecule has 84 valence electrons. The van der Waals surface area contributed by atoms with Crippen molar-refractivity contribution in [2.24, 2.45) is 23.2 Å². The Morgan fingerprint density at radius 3 is 2.20 bits per heavy atom. The summed E-state index contributed by atoms with van der Waals surface area (Å²) in [6, 6.07) is 0. The van der Waals surface area contributed by atoms with E-state index in [2.05, 4.69) is 36.5 Å². The van der Waals surface area contributed by atoms with Crippen LogP contribution in [0.1, 0.15) is 52.9 Å². The van der Waals surface area contributed by atoms with Gasteiger partial charge in [0.05, 0.1) is 0 Å². The third kappa shape index (κ3) is 1.78. The van der Waals surface area contributed by atoms with Crippen molar-refractivity contribution in [3.63, 3.8) is 0 Å². The molecule has 0 amide bonds. The topological polar surface area (TPSA) is 0 Å². The van der Waals surface area contributed by atoms with Crippen molar-refractivity contribution in [3.05, 3.63) is 0 Å². The summed E-state index contributed by atoms with van der Waals surface area (Å²) in [5.74, 6) is 3.15. The molecule has 0 aromatic rings. The highest BCUT2D eigenvalue weighted by Gasteiger charge is 2.49. The zero-order valence-corrected chi connectivity index (χ0v) is 11.3. The quantitative estimate of drug-likeness (QED) is 0.574. The lowest BCUT2D eigenvalue weighted by atomic mass is 9.37. The van der Waals surface area contributed by atoms with Gasteiger partial charge in [-0.2, -0.15) is 0 Å². The fourth-order valence-electron chi connectivity index (χ4n) is 4.01. The van der Waals surface area contributed by atoms with Crippen LogP contribution in [0.5, 0.6) is 0 Å². The van der Waals surface area contributed by atoms with Crippen molar-refractivity contribution in [2.45, 2.75) is 58.1 Å². The molecule has 15 heavy (non-hydrogen) atoms. The highest BCUT2D eigenvalue weighted by molar-refractivity contribution is 6.40. The zero-order chi connectivity index (χ0) is 11.3. The molecule has 2 heteroatoms. The van der Waals surface area contributed by atoms with Crippen molar-refractivity contribution in [1.82, 2.24) is 0 Å². The predicted octanol–water partition coefficient (Wildman–Crippen LogP) is 2.24. The average Bonchev–Trinajstić information content (AvgIpc) is 2.58. The van der Waals surface area contributed by atoms with E-state index < -0.39 is 0 Å². The Hall–Kier alpha value is 0.130. The average molecular weight is 204 g/mol. The van der Waals surface area contributed by atoms with Crippen LogP contribution in [-0.2, 0) is 0 Å². The third-order valence-corrected chi connectivity index (χ3v) is 5.94. The number of hydrogen-bond acceptors (Lipinski definition) is 0. The molecular weight excluding hydrogens is 178 g/mol. The minimum atomic E-state index is 0.454. The Morgan fingerprint density at radius 2 is 1.60 bits per heavy atom. The van der Waals surface area contributed by atoms with Crippen LogP contribution in [0, 0.1) is 23.2 Å². The van der Waals surface area contributed by atoms with E-state index in [4.69, 9.17) is 0 Å². The van der Waals surface area contributed by atoms with Crippen LogP contribution in [-0.4, -0.2) is 15.7 Å².